The number of carboxylic acid groups (broad SMARTS) is 1. The number of aromatic nitrogens is 4. The molecule has 0 aliphatic heterocycles. The fourth-order valence-corrected chi connectivity index (χ4v) is 4.35. The molecule has 0 saturated heterocycles. The third-order valence-corrected chi connectivity index (χ3v) is 6.33. The standard InChI is InChI=1S/C25H29N5O4/c31-20-7-4-17(5-8-20)6-9-24(32)27-13-10-18-2-1-3-19(14-18)22-16-30(29-28-22)23-15-26-12-11-21(23)25(33)34/h1-3,11-12,14-17,20,31H,4-10,13H2,(H,27,32)(H,33,34). The molecule has 178 valence electrons. The van der Waals surface area contributed by atoms with Crippen molar-refractivity contribution in [3.8, 4) is 16.9 Å². The molecular formula is C25H29N5O4. The molecule has 1 amide bonds. The van der Waals surface area contributed by atoms with Crippen LogP contribution in [0.5, 0.6) is 0 Å². The highest BCUT2D eigenvalue weighted by Gasteiger charge is 2.20. The van der Waals surface area contributed by atoms with E-state index in [9.17, 15) is 19.8 Å². The second-order valence-electron chi connectivity index (χ2n) is 8.76. The molecule has 0 spiro atoms. The van der Waals surface area contributed by atoms with Crippen molar-refractivity contribution < 1.29 is 19.8 Å². The lowest BCUT2D eigenvalue weighted by Gasteiger charge is -2.25. The Kier molecular flexibility index (Phi) is 7.64. The molecule has 2 aromatic heterocycles. The molecule has 1 fully saturated rings. The second kappa shape index (κ2) is 11.0. The number of carbonyl (C=O) groups excluding carboxylic acids is 1. The molecule has 4 rings (SSSR count). The number of carbonyl (C=O) groups is 2. The summed E-state index contributed by atoms with van der Waals surface area (Å²) >= 11 is 0. The van der Waals surface area contributed by atoms with E-state index in [-0.39, 0.29) is 17.6 Å². The highest BCUT2D eigenvalue weighted by Crippen LogP contribution is 2.27. The summed E-state index contributed by atoms with van der Waals surface area (Å²) in [5.41, 5.74) is 2.97. The van der Waals surface area contributed by atoms with Crippen molar-refractivity contribution in [1.29, 1.82) is 0 Å². The molecule has 9 heteroatoms. The number of carboxylic acids is 1. The molecule has 1 aliphatic carbocycles. The van der Waals surface area contributed by atoms with Crippen molar-refractivity contribution >= 4 is 11.9 Å². The Morgan fingerprint density at radius 3 is 2.76 bits per heavy atom. The average Bonchev–Trinajstić information content (AvgIpc) is 3.34. The number of amides is 1. The maximum absolute atomic E-state index is 12.2. The summed E-state index contributed by atoms with van der Waals surface area (Å²) in [5.74, 6) is -0.454. The number of rotatable bonds is 9. The van der Waals surface area contributed by atoms with Crippen molar-refractivity contribution in [2.24, 2.45) is 5.92 Å². The van der Waals surface area contributed by atoms with Gasteiger partial charge in [-0.1, -0.05) is 23.4 Å². The first-order valence-electron chi connectivity index (χ1n) is 11.6. The van der Waals surface area contributed by atoms with Crippen LogP contribution in [0.25, 0.3) is 16.9 Å². The average molecular weight is 464 g/mol. The molecule has 1 saturated carbocycles. The Balaban J connectivity index is 1.31. The molecule has 0 bridgehead atoms. The number of nitrogens with one attached hydrogen (secondary N) is 1. The number of hydrogen-bond donors (Lipinski definition) is 3. The number of benzene rings is 1. The summed E-state index contributed by atoms with van der Waals surface area (Å²) in [6.07, 6.45) is 10.2. The van der Waals surface area contributed by atoms with Gasteiger partial charge in [-0.25, -0.2) is 9.48 Å². The van der Waals surface area contributed by atoms with Crippen LogP contribution < -0.4 is 5.32 Å². The van der Waals surface area contributed by atoms with Gasteiger partial charge in [-0.05, 0) is 62.1 Å². The van der Waals surface area contributed by atoms with Crippen molar-refractivity contribution in [2.45, 2.75) is 51.0 Å². The summed E-state index contributed by atoms with van der Waals surface area (Å²) in [4.78, 5) is 27.7. The summed E-state index contributed by atoms with van der Waals surface area (Å²) in [6.45, 7) is 0.552. The number of aliphatic hydroxyl groups is 1. The molecule has 9 nitrogen and oxygen atoms in total. The molecule has 0 atom stereocenters. The minimum absolute atomic E-state index is 0.0657. The van der Waals surface area contributed by atoms with Crippen LogP contribution in [0.2, 0.25) is 0 Å². The first-order chi connectivity index (χ1) is 16.5. The fraction of sp³-hybridized carbons (Fsp3) is 0.400. The minimum Gasteiger partial charge on any atom is -0.478 e. The molecule has 0 unspecified atom stereocenters. The molecule has 1 aliphatic rings. The van der Waals surface area contributed by atoms with Crippen LogP contribution in [-0.4, -0.2) is 54.7 Å². The van der Waals surface area contributed by atoms with Gasteiger partial charge in [0.1, 0.15) is 5.69 Å². The SMILES string of the molecule is O=C(CCC1CCC(O)CC1)NCCc1cccc(-c2cn(-c3cnccc3C(=O)O)nn2)c1. The number of aromatic carboxylic acids is 1. The monoisotopic (exact) mass is 463 g/mol. The van der Waals surface area contributed by atoms with Gasteiger partial charge in [-0.2, -0.15) is 0 Å². The quantitative estimate of drug-likeness (QED) is 0.445. The van der Waals surface area contributed by atoms with E-state index in [0.29, 0.717) is 36.7 Å². The van der Waals surface area contributed by atoms with Crippen LogP contribution in [0.3, 0.4) is 0 Å². The first kappa shape index (κ1) is 23.6. The van der Waals surface area contributed by atoms with Gasteiger partial charge in [0.15, 0.2) is 0 Å². The highest BCUT2D eigenvalue weighted by atomic mass is 16.4. The predicted octanol–water partition coefficient (Wildman–Crippen LogP) is 3.02. The van der Waals surface area contributed by atoms with Gasteiger partial charge in [0.2, 0.25) is 5.91 Å². The van der Waals surface area contributed by atoms with Crippen molar-refractivity contribution in [2.75, 3.05) is 6.54 Å². The van der Waals surface area contributed by atoms with Gasteiger partial charge < -0.3 is 15.5 Å². The van der Waals surface area contributed by atoms with Crippen LogP contribution in [-0.2, 0) is 11.2 Å². The lowest BCUT2D eigenvalue weighted by Crippen LogP contribution is -2.26. The van der Waals surface area contributed by atoms with E-state index in [2.05, 4.69) is 20.6 Å². The molecule has 2 heterocycles. The summed E-state index contributed by atoms with van der Waals surface area (Å²) in [5, 5.41) is 30.3. The van der Waals surface area contributed by atoms with Crippen LogP contribution in [0.4, 0.5) is 0 Å². The number of pyridine rings is 1. The van der Waals surface area contributed by atoms with E-state index in [0.717, 1.165) is 43.2 Å². The third-order valence-electron chi connectivity index (χ3n) is 6.33. The van der Waals surface area contributed by atoms with E-state index in [4.69, 9.17) is 0 Å². The van der Waals surface area contributed by atoms with E-state index in [1.807, 2.05) is 24.3 Å². The Labute approximate surface area is 197 Å². The van der Waals surface area contributed by atoms with Gasteiger partial charge in [0.25, 0.3) is 0 Å². The maximum atomic E-state index is 12.2. The topological polar surface area (TPSA) is 130 Å². The number of hydrogen-bond acceptors (Lipinski definition) is 6. The van der Waals surface area contributed by atoms with E-state index < -0.39 is 5.97 Å². The van der Waals surface area contributed by atoms with Crippen molar-refractivity contribution in [1.82, 2.24) is 25.3 Å². The second-order valence-corrected chi connectivity index (χ2v) is 8.76. The molecule has 3 aromatic rings. The zero-order valence-corrected chi connectivity index (χ0v) is 18.9. The lowest BCUT2D eigenvalue weighted by atomic mass is 9.84. The maximum Gasteiger partial charge on any atom is 0.338 e. The fourth-order valence-electron chi connectivity index (χ4n) is 4.35. The Hall–Kier alpha value is -3.59. The normalized spacial score (nSPS) is 17.9. The smallest absolute Gasteiger partial charge is 0.338 e. The van der Waals surface area contributed by atoms with Crippen LogP contribution in [0, 0.1) is 5.92 Å². The summed E-state index contributed by atoms with van der Waals surface area (Å²) in [6, 6.07) is 9.26. The van der Waals surface area contributed by atoms with Gasteiger partial charge >= 0.3 is 5.97 Å². The highest BCUT2D eigenvalue weighted by molar-refractivity contribution is 5.91. The van der Waals surface area contributed by atoms with Crippen molar-refractivity contribution in [3.05, 3.63) is 60.0 Å². The molecule has 34 heavy (non-hydrogen) atoms. The number of nitrogens with zero attached hydrogens (tertiary/aromatic N) is 4. The third kappa shape index (κ3) is 6.05. The largest absolute Gasteiger partial charge is 0.478 e. The number of aliphatic hydroxyl groups excluding tert-OH is 1. The zero-order chi connectivity index (χ0) is 23.9. The van der Waals surface area contributed by atoms with E-state index >= 15 is 0 Å². The molecule has 0 radical (unpaired) electrons. The van der Waals surface area contributed by atoms with Crippen LogP contribution >= 0.6 is 0 Å². The molecule has 1 aromatic carbocycles. The van der Waals surface area contributed by atoms with Crippen LogP contribution in [0.1, 0.15) is 54.4 Å². The first-order valence-corrected chi connectivity index (χ1v) is 11.6. The molecule has 3 N–H and O–H groups in total. The predicted molar refractivity (Wildman–Crippen MR) is 125 cm³/mol. The zero-order valence-electron chi connectivity index (χ0n) is 18.9. The summed E-state index contributed by atoms with van der Waals surface area (Å²) < 4.78 is 1.41. The van der Waals surface area contributed by atoms with Gasteiger partial charge in [-0.15, -0.1) is 5.10 Å². The van der Waals surface area contributed by atoms with Gasteiger partial charge in [0.05, 0.1) is 29.7 Å². The van der Waals surface area contributed by atoms with E-state index in [1.54, 1.807) is 6.20 Å². The molecular weight excluding hydrogens is 434 g/mol. The summed E-state index contributed by atoms with van der Waals surface area (Å²) in [7, 11) is 0. The Bertz CT molecular complexity index is 1140. The Morgan fingerprint density at radius 1 is 1.15 bits per heavy atom. The van der Waals surface area contributed by atoms with Crippen LogP contribution in [0.15, 0.2) is 48.9 Å². The van der Waals surface area contributed by atoms with E-state index in [1.165, 1.54) is 23.1 Å². The van der Waals surface area contributed by atoms with Crippen molar-refractivity contribution in [3.63, 3.8) is 0 Å². The Morgan fingerprint density at radius 2 is 1.97 bits per heavy atom. The lowest BCUT2D eigenvalue weighted by molar-refractivity contribution is -0.121. The minimum atomic E-state index is -1.06. The van der Waals surface area contributed by atoms with Gasteiger partial charge in [-0.3, -0.25) is 9.78 Å². The van der Waals surface area contributed by atoms with Gasteiger partial charge in [0, 0.05) is 24.7 Å².